The fraction of sp³-hybridized carbons (Fsp3) is 0.700. The number of thiazole rings is 1. The van der Waals surface area contributed by atoms with Crippen LogP contribution in [-0.4, -0.2) is 25.1 Å². The Hall–Kier alpha value is -0.820. The van der Waals surface area contributed by atoms with Crippen molar-refractivity contribution >= 4 is 16.5 Å². The number of rotatable bonds is 3. The van der Waals surface area contributed by atoms with Gasteiger partial charge in [0.25, 0.3) is 0 Å². The number of hydrogen-bond acceptors (Lipinski definition) is 4. The Morgan fingerprint density at radius 1 is 1.35 bits per heavy atom. The van der Waals surface area contributed by atoms with E-state index in [1.165, 1.54) is 0 Å². The smallest absolute Gasteiger partial charge is 0.348 e. The average molecular weight is 265 g/mol. The third kappa shape index (κ3) is 2.71. The van der Waals surface area contributed by atoms with E-state index in [1.54, 1.807) is 7.05 Å². The normalized spacial score (nSPS) is 16.8. The summed E-state index contributed by atoms with van der Waals surface area (Å²) >= 11 is 1.14. The van der Waals surface area contributed by atoms with E-state index < -0.39 is 11.9 Å². The Labute approximate surface area is 102 Å². The molecule has 0 aliphatic carbocycles. The first-order valence-corrected chi connectivity index (χ1v) is 6.30. The SMILES string of the molecule is CNCc1sc(N2CCCC2)nc1C(F)(F)F. The lowest BCUT2D eigenvalue weighted by molar-refractivity contribution is -0.141. The van der Waals surface area contributed by atoms with Crippen molar-refractivity contribution in [3.8, 4) is 0 Å². The van der Waals surface area contributed by atoms with Crippen LogP contribution in [0.25, 0.3) is 0 Å². The number of alkyl halides is 3. The Morgan fingerprint density at radius 3 is 2.53 bits per heavy atom. The number of anilines is 1. The second-order valence-electron chi connectivity index (χ2n) is 3.99. The van der Waals surface area contributed by atoms with Crippen LogP contribution in [0, 0.1) is 0 Å². The van der Waals surface area contributed by atoms with Crippen LogP contribution >= 0.6 is 11.3 Å². The van der Waals surface area contributed by atoms with E-state index in [1.807, 2.05) is 4.90 Å². The first-order chi connectivity index (χ1) is 8.02. The van der Waals surface area contributed by atoms with Gasteiger partial charge in [-0.1, -0.05) is 11.3 Å². The predicted octanol–water partition coefficient (Wildman–Crippen LogP) is 2.48. The minimum atomic E-state index is -4.36. The van der Waals surface area contributed by atoms with Crippen LogP contribution in [0.2, 0.25) is 0 Å². The summed E-state index contributed by atoms with van der Waals surface area (Å²) in [7, 11) is 1.63. The van der Waals surface area contributed by atoms with E-state index in [-0.39, 0.29) is 11.4 Å². The second-order valence-corrected chi connectivity index (χ2v) is 5.05. The maximum absolute atomic E-state index is 12.8. The Morgan fingerprint density at radius 2 is 2.00 bits per heavy atom. The summed E-state index contributed by atoms with van der Waals surface area (Å²) < 4.78 is 38.3. The maximum atomic E-state index is 12.8. The molecule has 96 valence electrons. The molecule has 2 heterocycles. The van der Waals surface area contributed by atoms with E-state index in [0.29, 0.717) is 5.13 Å². The molecule has 1 fully saturated rings. The van der Waals surface area contributed by atoms with Gasteiger partial charge in [0.2, 0.25) is 0 Å². The zero-order valence-corrected chi connectivity index (χ0v) is 10.3. The molecule has 7 heteroatoms. The summed E-state index contributed by atoms with van der Waals surface area (Å²) in [5, 5.41) is 3.25. The third-order valence-electron chi connectivity index (χ3n) is 2.67. The molecule has 0 unspecified atom stereocenters. The van der Waals surface area contributed by atoms with Crippen LogP contribution in [0.1, 0.15) is 23.4 Å². The van der Waals surface area contributed by atoms with E-state index >= 15 is 0 Å². The Kier molecular flexibility index (Phi) is 3.58. The molecule has 0 amide bonds. The zero-order valence-electron chi connectivity index (χ0n) is 9.47. The lowest BCUT2D eigenvalue weighted by Crippen LogP contribution is -2.18. The number of aromatic nitrogens is 1. The average Bonchev–Trinajstić information content (AvgIpc) is 2.82. The molecular formula is C10H14F3N3S. The highest BCUT2D eigenvalue weighted by atomic mass is 32.1. The van der Waals surface area contributed by atoms with Crippen molar-refractivity contribution in [1.29, 1.82) is 0 Å². The molecule has 0 atom stereocenters. The van der Waals surface area contributed by atoms with Gasteiger partial charge in [-0.3, -0.25) is 0 Å². The summed E-state index contributed by atoms with van der Waals surface area (Å²) in [5.41, 5.74) is -0.737. The highest BCUT2D eigenvalue weighted by Crippen LogP contribution is 2.38. The Balaban J connectivity index is 2.29. The summed E-state index contributed by atoms with van der Waals surface area (Å²) in [5.74, 6) is 0. The highest BCUT2D eigenvalue weighted by Gasteiger charge is 2.38. The van der Waals surface area contributed by atoms with Crippen LogP contribution < -0.4 is 10.2 Å². The summed E-state index contributed by atoms with van der Waals surface area (Å²) in [6.07, 6.45) is -2.30. The van der Waals surface area contributed by atoms with E-state index in [2.05, 4.69) is 10.3 Å². The van der Waals surface area contributed by atoms with Crippen LogP contribution in [0.4, 0.5) is 18.3 Å². The van der Waals surface area contributed by atoms with Gasteiger partial charge in [0, 0.05) is 19.6 Å². The number of hydrogen-bond donors (Lipinski definition) is 1. The molecule has 2 rings (SSSR count). The number of halogens is 3. The summed E-state index contributed by atoms with van der Waals surface area (Å²) in [6.45, 7) is 1.83. The van der Waals surface area contributed by atoms with Gasteiger partial charge in [0.1, 0.15) is 0 Å². The van der Waals surface area contributed by atoms with Crippen molar-refractivity contribution in [2.24, 2.45) is 0 Å². The van der Waals surface area contributed by atoms with Crippen LogP contribution in [0.15, 0.2) is 0 Å². The third-order valence-corrected chi connectivity index (χ3v) is 3.78. The van der Waals surface area contributed by atoms with Crippen LogP contribution in [-0.2, 0) is 12.7 Å². The summed E-state index contributed by atoms with van der Waals surface area (Å²) in [6, 6.07) is 0. The van der Waals surface area contributed by atoms with Gasteiger partial charge < -0.3 is 10.2 Å². The topological polar surface area (TPSA) is 28.2 Å². The molecule has 0 bridgehead atoms. The monoisotopic (exact) mass is 265 g/mol. The lowest BCUT2D eigenvalue weighted by Gasteiger charge is -2.12. The molecule has 0 radical (unpaired) electrons. The molecule has 17 heavy (non-hydrogen) atoms. The standard InChI is InChI=1S/C10H14F3N3S/c1-14-6-7-8(10(11,12)13)15-9(17-7)16-4-2-3-5-16/h14H,2-6H2,1H3. The molecule has 1 aliphatic heterocycles. The van der Waals surface area contributed by atoms with Gasteiger partial charge in [-0.2, -0.15) is 13.2 Å². The number of nitrogens with zero attached hydrogens (tertiary/aromatic N) is 2. The molecular weight excluding hydrogens is 251 g/mol. The highest BCUT2D eigenvalue weighted by molar-refractivity contribution is 7.15. The number of nitrogens with one attached hydrogen (secondary N) is 1. The largest absolute Gasteiger partial charge is 0.434 e. The molecule has 1 saturated heterocycles. The van der Waals surface area contributed by atoms with Gasteiger partial charge in [-0.15, -0.1) is 0 Å². The van der Waals surface area contributed by atoms with E-state index in [4.69, 9.17) is 0 Å². The van der Waals surface area contributed by atoms with Crippen molar-refractivity contribution in [3.63, 3.8) is 0 Å². The van der Waals surface area contributed by atoms with E-state index in [0.717, 1.165) is 37.3 Å². The van der Waals surface area contributed by atoms with Crippen molar-refractivity contribution < 1.29 is 13.2 Å². The first-order valence-electron chi connectivity index (χ1n) is 5.49. The quantitative estimate of drug-likeness (QED) is 0.910. The molecule has 3 nitrogen and oxygen atoms in total. The Bertz CT molecular complexity index is 383. The predicted molar refractivity (Wildman–Crippen MR) is 61.3 cm³/mol. The van der Waals surface area contributed by atoms with E-state index in [9.17, 15) is 13.2 Å². The molecule has 0 aromatic carbocycles. The molecule has 0 saturated carbocycles. The molecule has 1 aliphatic rings. The van der Waals surface area contributed by atoms with Gasteiger partial charge in [-0.25, -0.2) is 4.98 Å². The van der Waals surface area contributed by atoms with Gasteiger partial charge in [0.05, 0.1) is 4.88 Å². The zero-order chi connectivity index (χ0) is 12.5. The molecule has 1 aromatic heterocycles. The molecule has 1 aromatic rings. The van der Waals surface area contributed by atoms with Crippen molar-refractivity contribution in [2.45, 2.75) is 25.6 Å². The van der Waals surface area contributed by atoms with Gasteiger partial charge >= 0.3 is 6.18 Å². The summed E-state index contributed by atoms with van der Waals surface area (Å²) in [4.78, 5) is 5.96. The molecule has 1 N–H and O–H groups in total. The first kappa shape index (κ1) is 12.6. The van der Waals surface area contributed by atoms with Gasteiger partial charge in [0.15, 0.2) is 10.8 Å². The van der Waals surface area contributed by atoms with Gasteiger partial charge in [-0.05, 0) is 19.9 Å². The minimum Gasteiger partial charge on any atom is -0.348 e. The maximum Gasteiger partial charge on any atom is 0.434 e. The second kappa shape index (κ2) is 4.81. The fourth-order valence-electron chi connectivity index (χ4n) is 1.88. The van der Waals surface area contributed by atoms with Crippen molar-refractivity contribution in [3.05, 3.63) is 10.6 Å². The minimum absolute atomic E-state index is 0.209. The fourth-order valence-corrected chi connectivity index (χ4v) is 3.03. The lowest BCUT2D eigenvalue weighted by atomic mass is 10.3. The van der Waals surface area contributed by atoms with Crippen molar-refractivity contribution in [1.82, 2.24) is 10.3 Å². The van der Waals surface area contributed by atoms with Crippen LogP contribution in [0.3, 0.4) is 0 Å². The van der Waals surface area contributed by atoms with Crippen LogP contribution in [0.5, 0.6) is 0 Å². The molecule has 0 spiro atoms. The van der Waals surface area contributed by atoms with Crippen molar-refractivity contribution in [2.75, 3.05) is 25.0 Å².